The maximum atomic E-state index is 9.23. The Morgan fingerprint density at radius 3 is 2.86 bits per heavy atom. The molecular weight excluding hydrogens is 174 g/mol. The van der Waals surface area contributed by atoms with Crippen molar-refractivity contribution in [1.29, 1.82) is 5.26 Å². The first-order valence-corrected chi connectivity index (χ1v) is 5.72. The smallest absolute Gasteiger partial charge is 0.154 e. The Morgan fingerprint density at radius 1 is 1.36 bits per heavy atom. The third-order valence-corrected chi connectivity index (χ3v) is 4.10. The van der Waals surface area contributed by atoms with Crippen molar-refractivity contribution >= 4 is 0 Å². The number of ether oxygens (including phenoxy) is 1. The summed E-state index contributed by atoms with van der Waals surface area (Å²) in [5, 5.41) is 9.23. The van der Waals surface area contributed by atoms with Gasteiger partial charge in [0.25, 0.3) is 0 Å². The topological polar surface area (TPSA) is 33.0 Å². The molecule has 1 saturated heterocycles. The molecule has 0 aromatic rings. The van der Waals surface area contributed by atoms with E-state index in [9.17, 15) is 5.26 Å². The Balaban J connectivity index is 2.24. The van der Waals surface area contributed by atoms with Gasteiger partial charge in [-0.15, -0.1) is 0 Å². The number of nitriles is 1. The summed E-state index contributed by atoms with van der Waals surface area (Å²) in [6, 6.07) is 2.39. The van der Waals surface area contributed by atoms with Crippen molar-refractivity contribution in [2.75, 3.05) is 6.61 Å². The van der Waals surface area contributed by atoms with Crippen LogP contribution < -0.4 is 0 Å². The average molecular weight is 193 g/mol. The largest absolute Gasteiger partial charge is 0.360 e. The molecule has 0 aromatic heterocycles. The highest BCUT2D eigenvalue weighted by Gasteiger charge is 2.47. The molecule has 0 radical (unpaired) electrons. The number of fused-ring (bicyclic) bond motifs is 1. The molecule has 2 aliphatic rings. The van der Waals surface area contributed by atoms with Gasteiger partial charge in [0.15, 0.2) is 5.60 Å². The molecule has 14 heavy (non-hydrogen) atoms. The second-order valence-corrected chi connectivity index (χ2v) is 5.05. The average Bonchev–Trinajstić information content (AvgIpc) is 2.18. The van der Waals surface area contributed by atoms with Crippen molar-refractivity contribution in [3.8, 4) is 6.07 Å². The van der Waals surface area contributed by atoms with E-state index >= 15 is 0 Å². The lowest BCUT2D eigenvalue weighted by molar-refractivity contribution is -0.124. The van der Waals surface area contributed by atoms with Crippen molar-refractivity contribution < 1.29 is 4.74 Å². The van der Waals surface area contributed by atoms with Crippen molar-refractivity contribution in [3.63, 3.8) is 0 Å². The highest BCUT2D eigenvalue weighted by atomic mass is 16.5. The summed E-state index contributed by atoms with van der Waals surface area (Å²) in [4.78, 5) is 0. The van der Waals surface area contributed by atoms with Gasteiger partial charge in [0.05, 0.1) is 6.07 Å². The Kier molecular flexibility index (Phi) is 2.53. The third kappa shape index (κ3) is 1.44. The molecule has 0 amide bonds. The standard InChI is InChI=1S/C12H19NO/c1-9-4-3-5-10-6-7-14-12(2,8-13)11(9)10/h9-11H,3-7H2,1-2H3/t9-,10+,11+,12+/m0/s1. The van der Waals surface area contributed by atoms with E-state index in [4.69, 9.17) is 4.74 Å². The van der Waals surface area contributed by atoms with Gasteiger partial charge in [0, 0.05) is 12.5 Å². The fourth-order valence-corrected chi connectivity index (χ4v) is 3.47. The zero-order valence-electron chi connectivity index (χ0n) is 9.12. The summed E-state index contributed by atoms with van der Waals surface area (Å²) in [5.74, 6) is 1.85. The lowest BCUT2D eigenvalue weighted by atomic mass is 9.63. The highest BCUT2D eigenvalue weighted by Crippen LogP contribution is 2.46. The maximum Gasteiger partial charge on any atom is 0.154 e. The van der Waals surface area contributed by atoms with E-state index in [-0.39, 0.29) is 0 Å². The molecule has 0 aromatic carbocycles. The van der Waals surface area contributed by atoms with Crippen LogP contribution in [0.25, 0.3) is 0 Å². The minimum absolute atomic E-state index is 0.468. The first-order valence-electron chi connectivity index (χ1n) is 5.72. The molecule has 2 nitrogen and oxygen atoms in total. The van der Waals surface area contributed by atoms with E-state index in [1.54, 1.807) is 0 Å². The van der Waals surface area contributed by atoms with Crippen LogP contribution in [0.1, 0.15) is 39.5 Å². The number of rotatable bonds is 0. The van der Waals surface area contributed by atoms with Gasteiger partial charge in [-0.3, -0.25) is 0 Å². The number of hydrogen-bond donors (Lipinski definition) is 0. The zero-order valence-corrected chi connectivity index (χ0v) is 9.12. The summed E-state index contributed by atoms with van der Waals surface area (Å²) in [6.07, 6.45) is 5.06. The summed E-state index contributed by atoms with van der Waals surface area (Å²) in [5.41, 5.74) is -0.511. The fraction of sp³-hybridized carbons (Fsp3) is 0.917. The molecule has 78 valence electrons. The Morgan fingerprint density at radius 2 is 2.14 bits per heavy atom. The SMILES string of the molecule is C[C@H]1CCC[C@@H]2CCO[C@](C)(C#N)[C@@H]21. The van der Waals surface area contributed by atoms with Gasteiger partial charge in [-0.25, -0.2) is 0 Å². The lowest BCUT2D eigenvalue weighted by Crippen LogP contribution is -2.49. The second-order valence-electron chi connectivity index (χ2n) is 5.05. The normalized spacial score (nSPS) is 47.9. The molecule has 0 unspecified atom stereocenters. The van der Waals surface area contributed by atoms with Gasteiger partial charge in [0.1, 0.15) is 0 Å². The van der Waals surface area contributed by atoms with E-state index < -0.39 is 5.60 Å². The van der Waals surface area contributed by atoms with E-state index in [1.807, 2.05) is 6.92 Å². The second kappa shape index (κ2) is 3.55. The van der Waals surface area contributed by atoms with Gasteiger partial charge in [-0.1, -0.05) is 19.8 Å². The molecule has 1 saturated carbocycles. The first-order chi connectivity index (χ1) is 6.67. The minimum Gasteiger partial charge on any atom is -0.360 e. The quantitative estimate of drug-likeness (QED) is 0.592. The van der Waals surface area contributed by atoms with Gasteiger partial charge in [-0.05, 0) is 31.6 Å². The summed E-state index contributed by atoms with van der Waals surface area (Å²) in [7, 11) is 0. The summed E-state index contributed by atoms with van der Waals surface area (Å²) < 4.78 is 5.69. The van der Waals surface area contributed by atoms with Gasteiger partial charge in [-0.2, -0.15) is 5.26 Å². The van der Waals surface area contributed by atoms with Crippen molar-refractivity contribution in [2.24, 2.45) is 17.8 Å². The van der Waals surface area contributed by atoms with E-state index in [0.29, 0.717) is 11.8 Å². The van der Waals surface area contributed by atoms with Gasteiger partial charge < -0.3 is 4.74 Å². The van der Waals surface area contributed by atoms with Crippen LogP contribution >= 0.6 is 0 Å². The van der Waals surface area contributed by atoms with Crippen LogP contribution in [0.4, 0.5) is 0 Å². The highest BCUT2D eigenvalue weighted by molar-refractivity contribution is 5.08. The summed E-state index contributed by atoms with van der Waals surface area (Å²) in [6.45, 7) is 5.03. The van der Waals surface area contributed by atoms with Crippen LogP contribution in [-0.4, -0.2) is 12.2 Å². The molecule has 1 aliphatic heterocycles. The van der Waals surface area contributed by atoms with Crippen LogP contribution in [0.3, 0.4) is 0 Å². The molecule has 2 heteroatoms. The lowest BCUT2D eigenvalue weighted by Gasteiger charge is -2.47. The molecule has 0 N–H and O–H groups in total. The summed E-state index contributed by atoms with van der Waals surface area (Å²) >= 11 is 0. The van der Waals surface area contributed by atoms with Crippen molar-refractivity contribution in [2.45, 2.75) is 45.1 Å². The molecular formula is C12H19NO. The Bertz CT molecular complexity index is 256. The molecule has 4 atom stereocenters. The molecule has 2 fully saturated rings. The molecule has 1 heterocycles. The number of hydrogen-bond acceptors (Lipinski definition) is 2. The predicted octanol–water partition coefficient (Wildman–Crippen LogP) is 2.74. The first kappa shape index (κ1) is 9.98. The predicted molar refractivity (Wildman–Crippen MR) is 54.6 cm³/mol. The van der Waals surface area contributed by atoms with E-state index in [1.165, 1.54) is 19.3 Å². The minimum atomic E-state index is -0.511. The number of nitrogens with zero attached hydrogens (tertiary/aromatic N) is 1. The van der Waals surface area contributed by atoms with Crippen LogP contribution in [0.5, 0.6) is 0 Å². The van der Waals surface area contributed by atoms with Crippen molar-refractivity contribution in [1.82, 2.24) is 0 Å². The molecule has 0 bridgehead atoms. The van der Waals surface area contributed by atoms with E-state index in [0.717, 1.165) is 18.9 Å². The molecule has 1 aliphatic carbocycles. The van der Waals surface area contributed by atoms with Crippen LogP contribution in [0.15, 0.2) is 0 Å². The van der Waals surface area contributed by atoms with Crippen LogP contribution in [0.2, 0.25) is 0 Å². The monoisotopic (exact) mass is 193 g/mol. The maximum absolute atomic E-state index is 9.23. The molecule has 0 spiro atoms. The van der Waals surface area contributed by atoms with Gasteiger partial charge in [0.2, 0.25) is 0 Å². The van der Waals surface area contributed by atoms with Crippen LogP contribution in [-0.2, 0) is 4.74 Å². The van der Waals surface area contributed by atoms with E-state index in [2.05, 4.69) is 13.0 Å². The fourth-order valence-electron chi connectivity index (χ4n) is 3.47. The van der Waals surface area contributed by atoms with Crippen LogP contribution in [0, 0.1) is 29.1 Å². The zero-order chi connectivity index (χ0) is 10.2. The van der Waals surface area contributed by atoms with Crippen molar-refractivity contribution in [3.05, 3.63) is 0 Å². The molecule has 2 rings (SSSR count). The third-order valence-electron chi connectivity index (χ3n) is 4.10. The van der Waals surface area contributed by atoms with Gasteiger partial charge >= 0.3 is 0 Å². The Hall–Kier alpha value is -0.550. The Labute approximate surface area is 86.2 Å².